The number of hydrogen-bond donors (Lipinski definition) is 0. The fraction of sp³-hybridized carbons (Fsp3) is 0.562. The minimum atomic E-state index is 0.657. The van der Waals surface area contributed by atoms with E-state index in [1.54, 1.807) is 12.1 Å². The summed E-state index contributed by atoms with van der Waals surface area (Å²) in [5, 5.41) is 9.91. The van der Waals surface area contributed by atoms with Gasteiger partial charge in [-0.15, -0.1) is 0 Å². The van der Waals surface area contributed by atoms with Crippen LogP contribution in [0.15, 0.2) is 24.3 Å². The molecule has 0 saturated carbocycles. The molecule has 0 spiro atoms. The molecular weight excluding hydrogens is 302 g/mol. The van der Waals surface area contributed by atoms with E-state index in [2.05, 4.69) is 22.0 Å². The summed E-state index contributed by atoms with van der Waals surface area (Å²) in [6.45, 7) is 0.746. The van der Waals surface area contributed by atoms with E-state index in [4.69, 9.17) is 10.00 Å². The van der Waals surface area contributed by atoms with E-state index in [9.17, 15) is 0 Å². The summed E-state index contributed by atoms with van der Waals surface area (Å²) in [6.07, 6.45) is 8.92. The molecule has 3 heteroatoms. The number of hydrogen-bond acceptors (Lipinski definition) is 2. The number of benzene rings is 1. The molecule has 0 saturated heterocycles. The largest absolute Gasteiger partial charge is 0.494 e. The first-order chi connectivity index (χ1) is 9.36. The van der Waals surface area contributed by atoms with Crippen molar-refractivity contribution < 1.29 is 4.74 Å². The Labute approximate surface area is 124 Å². The Balaban J connectivity index is 2.00. The summed E-state index contributed by atoms with van der Waals surface area (Å²) in [5.41, 5.74) is 0.657. The van der Waals surface area contributed by atoms with Crippen molar-refractivity contribution in [3.63, 3.8) is 0 Å². The minimum Gasteiger partial charge on any atom is -0.494 e. The van der Waals surface area contributed by atoms with Gasteiger partial charge in [-0.25, -0.2) is 0 Å². The van der Waals surface area contributed by atoms with Gasteiger partial charge in [0.2, 0.25) is 0 Å². The lowest BCUT2D eigenvalue weighted by Gasteiger charge is -2.06. The lowest BCUT2D eigenvalue weighted by molar-refractivity contribution is 0.304. The highest BCUT2D eigenvalue weighted by molar-refractivity contribution is 9.09. The highest BCUT2D eigenvalue weighted by Gasteiger charge is 1.96. The molecule has 2 nitrogen and oxygen atoms in total. The lowest BCUT2D eigenvalue weighted by atomic mass is 10.1. The van der Waals surface area contributed by atoms with Gasteiger partial charge in [0, 0.05) is 5.33 Å². The summed E-state index contributed by atoms with van der Waals surface area (Å²) >= 11 is 3.45. The minimum absolute atomic E-state index is 0.657. The van der Waals surface area contributed by atoms with Gasteiger partial charge < -0.3 is 4.74 Å². The molecule has 0 aliphatic carbocycles. The first-order valence-corrected chi connectivity index (χ1v) is 8.18. The summed E-state index contributed by atoms with van der Waals surface area (Å²) in [5.74, 6) is 0.802. The van der Waals surface area contributed by atoms with Crippen LogP contribution in [0.2, 0.25) is 0 Å². The van der Waals surface area contributed by atoms with Crippen LogP contribution in [0.1, 0.15) is 50.5 Å². The van der Waals surface area contributed by atoms with E-state index in [1.807, 2.05) is 12.1 Å². The lowest BCUT2D eigenvalue weighted by Crippen LogP contribution is -1.97. The van der Waals surface area contributed by atoms with Gasteiger partial charge in [-0.05, 0) is 31.0 Å². The first kappa shape index (κ1) is 16.0. The number of nitrogens with zero attached hydrogens (tertiary/aromatic N) is 1. The second kappa shape index (κ2) is 10.9. The van der Waals surface area contributed by atoms with Gasteiger partial charge in [0.1, 0.15) is 5.75 Å². The van der Waals surface area contributed by atoms with Gasteiger partial charge in [-0.2, -0.15) is 5.26 Å². The number of nitriles is 1. The Hall–Kier alpha value is -1.01. The van der Waals surface area contributed by atoms with Crippen molar-refractivity contribution in [2.75, 3.05) is 11.9 Å². The molecule has 0 amide bonds. The van der Waals surface area contributed by atoms with Crippen LogP contribution in [-0.4, -0.2) is 11.9 Å². The number of rotatable bonds is 10. The van der Waals surface area contributed by atoms with Gasteiger partial charge >= 0.3 is 0 Å². The highest BCUT2D eigenvalue weighted by Crippen LogP contribution is 2.13. The summed E-state index contributed by atoms with van der Waals surface area (Å²) in [7, 11) is 0. The van der Waals surface area contributed by atoms with Crippen molar-refractivity contribution in [3.05, 3.63) is 29.8 Å². The summed E-state index contributed by atoms with van der Waals surface area (Å²) < 4.78 is 5.64. The van der Waals surface area contributed by atoms with Crippen molar-refractivity contribution in [2.24, 2.45) is 0 Å². The van der Waals surface area contributed by atoms with Crippen LogP contribution in [0.5, 0.6) is 5.75 Å². The van der Waals surface area contributed by atoms with Gasteiger partial charge in [0.05, 0.1) is 18.2 Å². The molecule has 0 fully saturated rings. The zero-order valence-corrected chi connectivity index (χ0v) is 13.0. The molecule has 1 rings (SSSR count). The molecule has 19 heavy (non-hydrogen) atoms. The van der Waals surface area contributed by atoms with Gasteiger partial charge in [-0.3, -0.25) is 0 Å². The maximum absolute atomic E-state index is 8.78. The topological polar surface area (TPSA) is 33.0 Å². The molecular formula is C16H22BrNO. The maximum Gasteiger partial charge on any atom is 0.120 e. The third kappa shape index (κ3) is 7.89. The third-order valence-electron chi connectivity index (χ3n) is 3.01. The van der Waals surface area contributed by atoms with Crippen LogP contribution in [0, 0.1) is 11.3 Å². The second-order valence-corrected chi connectivity index (χ2v) is 5.44. The summed E-state index contributed by atoms with van der Waals surface area (Å²) in [6, 6.07) is 9.47. The van der Waals surface area contributed by atoms with E-state index >= 15 is 0 Å². The standard InChI is InChI=1S/C16H22BrNO/c17-11-6-4-2-1-3-5-7-12-19-16-10-8-9-15(13-16)14-18/h8-10,13H,1-7,11-12H2. The van der Waals surface area contributed by atoms with Crippen molar-refractivity contribution in [1.82, 2.24) is 0 Å². The van der Waals surface area contributed by atoms with Crippen molar-refractivity contribution in [2.45, 2.75) is 44.9 Å². The number of unbranched alkanes of at least 4 members (excludes halogenated alkanes) is 6. The van der Waals surface area contributed by atoms with Crippen LogP contribution >= 0.6 is 15.9 Å². The highest BCUT2D eigenvalue weighted by atomic mass is 79.9. The van der Waals surface area contributed by atoms with E-state index in [0.29, 0.717) is 5.56 Å². The number of ether oxygens (including phenoxy) is 1. The van der Waals surface area contributed by atoms with E-state index in [0.717, 1.165) is 24.1 Å². The number of alkyl halides is 1. The molecule has 104 valence electrons. The van der Waals surface area contributed by atoms with Crippen molar-refractivity contribution >= 4 is 15.9 Å². The normalized spacial score (nSPS) is 10.1. The molecule has 0 aromatic heterocycles. The van der Waals surface area contributed by atoms with Gasteiger partial charge in [-0.1, -0.05) is 54.1 Å². The average Bonchev–Trinajstić information content (AvgIpc) is 2.46. The molecule has 0 atom stereocenters. The van der Waals surface area contributed by atoms with Crippen LogP contribution in [0.4, 0.5) is 0 Å². The van der Waals surface area contributed by atoms with Crippen LogP contribution < -0.4 is 4.74 Å². The van der Waals surface area contributed by atoms with Crippen molar-refractivity contribution in [3.8, 4) is 11.8 Å². The quantitative estimate of drug-likeness (QED) is 0.445. The molecule has 0 heterocycles. The predicted octanol–water partition coefficient (Wildman–Crippen LogP) is 5.06. The Bertz CT molecular complexity index is 387. The van der Waals surface area contributed by atoms with Crippen molar-refractivity contribution in [1.29, 1.82) is 5.26 Å². The van der Waals surface area contributed by atoms with Crippen LogP contribution in [0.25, 0.3) is 0 Å². The van der Waals surface area contributed by atoms with Crippen LogP contribution in [0.3, 0.4) is 0 Å². The molecule has 0 aliphatic heterocycles. The molecule has 0 radical (unpaired) electrons. The first-order valence-electron chi connectivity index (χ1n) is 7.06. The Morgan fingerprint density at radius 3 is 2.37 bits per heavy atom. The number of halogens is 1. The fourth-order valence-corrected chi connectivity index (χ4v) is 2.32. The molecule has 1 aromatic rings. The SMILES string of the molecule is N#Cc1cccc(OCCCCCCCCCBr)c1. The van der Waals surface area contributed by atoms with E-state index in [-0.39, 0.29) is 0 Å². The summed E-state index contributed by atoms with van der Waals surface area (Å²) in [4.78, 5) is 0. The molecule has 0 bridgehead atoms. The Kier molecular flexibility index (Phi) is 9.18. The Morgan fingerprint density at radius 2 is 1.68 bits per heavy atom. The zero-order chi connectivity index (χ0) is 13.8. The smallest absolute Gasteiger partial charge is 0.120 e. The molecule has 0 unspecified atom stereocenters. The molecule has 0 N–H and O–H groups in total. The third-order valence-corrected chi connectivity index (χ3v) is 3.57. The van der Waals surface area contributed by atoms with E-state index in [1.165, 1.54) is 38.5 Å². The van der Waals surface area contributed by atoms with E-state index < -0.39 is 0 Å². The van der Waals surface area contributed by atoms with Crippen LogP contribution in [-0.2, 0) is 0 Å². The monoisotopic (exact) mass is 323 g/mol. The average molecular weight is 324 g/mol. The van der Waals surface area contributed by atoms with Gasteiger partial charge in [0.15, 0.2) is 0 Å². The zero-order valence-electron chi connectivity index (χ0n) is 11.4. The Morgan fingerprint density at radius 1 is 1.00 bits per heavy atom. The fourth-order valence-electron chi connectivity index (χ4n) is 1.93. The molecule has 1 aromatic carbocycles. The predicted molar refractivity (Wildman–Crippen MR) is 82.8 cm³/mol. The molecule has 0 aliphatic rings. The second-order valence-electron chi connectivity index (χ2n) is 4.65. The van der Waals surface area contributed by atoms with Gasteiger partial charge in [0.25, 0.3) is 0 Å². The maximum atomic E-state index is 8.78.